The number of fused-ring (bicyclic) bond motifs is 2. The van der Waals surface area contributed by atoms with Crippen molar-refractivity contribution in [2.24, 2.45) is 0 Å². The number of carbonyl (C=O) groups excluding carboxylic acids is 8. The maximum atomic E-state index is 15.7. The summed E-state index contributed by atoms with van der Waals surface area (Å²) >= 11 is 0. The smallest absolute Gasteiger partial charge is 0.262 e. The van der Waals surface area contributed by atoms with Gasteiger partial charge in [0.15, 0.2) is 0 Å². The number of hydrogen-bond donors (Lipinski definition) is 2. The molecular weight excluding hydrogens is 630 g/mol. The second-order valence-corrected chi connectivity index (χ2v) is 13.9. The van der Waals surface area contributed by atoms with Crippen LogP contribution in [0.4, 0.5) is 8.78 Å². The van der Waals surface area contributed by atoms with Gasteiger partial charge >= 0.3 is 0 Å². The van der Waals surface area contributed by atoms with Crippen molar-refractivity contribution in [3.63, 3.8) is 0 Å². The zero-order chi connectivity index (χ0) is 35.0. The van der Waals surface area contributed by atoms with E-state index >= 15 is 8.78 Å². The van der Waals surface area contributed by atoms with Gasteiger partial charge in [-0.1, -0.05) is 27.7 Å². The van der Waals surface area contributed by atoms with E-state index in [1.165, 1.54) is 6.07 Å². The zero-order valence-corrected chi connectivity index (χ0v) is 26.6. The number of piperidine rings is 2. The van der Waals surface area contributed by atoms with Crippen LogP contribution in [0.25, 0.3) is 0 Å². The molecule has 2 aromatic carbocycles. The summed E-state index contributed by atoms with van der Waals surface area (Å²) in [5.74, 6) is -7.47. The van der Waals surface area contributed by atoms with Gasteiger partial charge in [0.05, 0.1) is 22.3 Å². The van der Waals surface area contributed by atoms with Crippen molar-refractivity contribution in [3.05, 3.63) is 69.3 Å². The van der Waals surface area contributed by atoms with Crippen molar-refractivity contribution in [2.75, 3.05) is 0 Å². The fourth-order valence-electron chi connectivity index (χ4n) is 7.17. The van der Waals surface area contributed by atoms with Crippen LogP contribution >= 0.6 is 0 Å². The fraction of sp³-hybridized carbons (Fsp3) is 0.412. The molecule has 6 rings (SSSR count). The van der Waals surface area contributed by atoms with E-state index in [0.29, 0.717) is 0 Å². The number of nitrogens with zero attached hydrogens (tertiary/aromatic N) is 2. The first kappa shape index (κ1) is 32.8. The van der Waals surface area contributed by atoms with E-state index in [1.807, 2.05) is 0 Å². The molecule has 14 heteroatoms. The van der Waals surface area contributed by atoms with Gasteiger partial charge < -0.3 is 0 Å². The third-order valence-electron chi connectivity index (χ3n) is 9.85. The number of amides is 8. The lowest BCUT2D eigenvalue weighted by Gasteiger charge is -2.34. The van der Waals surface area contributed by atoms with E-state index < -0.39 is 81.8 Å². The number of halogens is 2. The van der Waals surface area contributed by atoms with E-state index in [2.05, 4.69) is 10.6 Å². The average molecular weight is 663 g/mol. The van der Waals surface area contributed by atoms with Crippen LogP contribution in [0.5, 0.6) is 0 Å². The van der Waals surface area contributed by atoms with Crippen LogP contribution in [0.15, 0.2) is 24.3 Å². The predicted octanol–water partition coefficient (Wildman–Crippen LogP) is 2.80. The average Bonchev–Trinajstić information content (AvgIpc) is 3.39. The Labute approximate surface area is 273 Å². The highest BCUT2D eigenvalue weighted by Crippen LogP contribution is 2.44. The number of hydrogen-bond acceptors (Lipinski definition) is 8. The maximum Gasteiger partial charge on any atom is 0.262 e. The molecule has 0 aromatic heterocycles. The first-order valence-electron chi connectivity index (χ1n) is 15.5. The lowest BCUT2D eigenvalue weighted by atomic mass is 9.70. The number of imide groups is 4. The van der Waals surface area contributed by atoms with E-state index in [4.69, 9.17) is 0 Å². The standard InChI is InChI=1S/C34H32F2N4O8/c1-33(2,18-14-15(35)13-17-24(18)31(47)40(30(17)46)21-8-10-23(42)38-28(21)44)11-12-34(3,4)26-19(36)6-5-16-25(26)32(48)39(29(16)45)20-7-9-22(41)37-27(20)43/h5-6,13-14,20-21H,7-12H2,1-4H3,(H,37,41,43)(H,38,42,44). The van der Waals surface area contributed by atoms with Crippen molar-refractivity contribution in [1.82, 2.24) is 20.4 Å². The molecule has 4 aliphatic rings. The number of nitrogens with one attached hydrogen (secondary N) is 2. The Balaban J connectivity index is 1.30. The van der Waals surface area contributed by atoms with Gasteiger partial charge in [-0.2, -0.15) is 0 Å². The van der Waals surface area contributed by atoms with Crippen molar-refractivity contribution in [1.29, 1.82) is 0 Å². The van der Waals surface area contributed by atoms with E-state index in [1.54, 1.807) is 27.7 Å². The summed E-state index contributed by atoms with van der Waals surface area (Å²) in [4.78, 5) is 104. The van der Waals surface area contributed by atoms with Gasteiger partial charge in [-0.25, -0.2) is 8.78 Å². The molecule has 4 aliphatic heterocycles. The lowest BCUT2D eigenvalue weighted by molar-refractivity contribution is -0.137. The second-order valence-electron chi connectivity index (χ2n) is 13.9. The molecule has 2 unspecified atom stereocenters. The molecule has 2 saturated heterocycles. The van der Waals surface area contributed by atoms with Crippen LogP contribution < -0.4 is 10.6 Å². The van der Waals surface area contributed by atoms with Crippen LogP contribution in [0.2, 0.25) is 0 Å². The van der Waals surface area contributed by atoms with Crippen LogP contribution in [0.1, 0.15) is 119 Å². The third-order valence-corrected chi connectivity index (χ3v) is 9.85. The van der Waals surface area contributed by atoms with Gasteiger partial charge in [0.25, 0.3) is 23.6 Å². The van der Waals surface area contributed by atoms with Gasteiger partial charge in [-0.3, -0.25) is 58.8 Å². The summed E-state index contributed by atoms with van der Waals surface area (Å²) in [6.45, 7) is 6.78. The van der Waals surface area contributed by atoms with E-state index in [-0.39, 0.29) is 71.9 Å². The molecule has 2 N–H and O–H groups in total. The van der Waals surface area contributed by atoms with Crippen molar-refractivity contribution in [2.45, 2.75) is 89.1 Å². The van der Waals surface area contributed by atoms with E-state index in [0.717, 1.165) is 28.0 Å². The quantitative estimate of drug-likeness (QED) is 0.427. The molecule has 12 nitrogen and oxygen atoms in total. The van der Waals surface area contributed by atoms with Gasteiger partial charge in [-0.05, 0) is 66.3 Å². The Morgan fingerprint density at radius 3 is 1.71 bits per heavy atom. The summed E-state index contributed by atoms with van der Waals surface area (Å²) < 4.78 is 30.7. The summed E-state index contributed by atoms with van der Waals surface area (Å²) in [7, 11) is 0. The first-order valence-corrected chi connectivity index (χ1v) is 15.5. The Hall–Kier alpha value is -5.14. The summed E-state index contributed by atoms with van der Waals surface area (Å²) in [5, 5.41) is 4.26. The highest BCUT2D eigenvalue weighted by molar-refractivity contribution is 6.25. The van der Waals surface area contributed by atoms with Gasteiger partial charge in [0.1, 0.15) is 23.7 Å². The normalized spacial score (nSPS) is 21.5. The third kappa shape index (κ3) is 5.10. The summed E-state index contributed by atoms with van der Waals surface area (Å²) in [6, 6.07) is 1.87. The highest BCUT2D eigenvalue weighted by atomic mass is 19.1. The zero-order valence-electron chi connectivity index (χ0n) is 26.6. The topological polar surface area (TPSA) is 167 Å². The SMILES string of the molecule is CC(C)(CCC(C)(C)c1c(F)ccc2c1C(=O)N(C1CCC(=O)NC1=O)C2=O)c1cc(F)cc2c1C(=O)N(C1CCC(=O)NC1=O)C2=O. The largest absolute Gasteiger partial charge is 0.295 e. The minimum absolute atomic E-state index is 0.0521. The Bertz CT molecular complexity index is 1900. The Morgan fingerprint density at radius 1 is 0.667 bits per heavy atom. The fourth-order valence-corrected chi connectivity index (χ4v) is 7.17. The van der Waals surface area contributed by atoms with Crippen LogP contribution in [0, 0.1) is 11.6 Å². The minimum Gasteiger partial charge on any atom is -0.295 e. The molecule has 0 bridgehead atoms. The molecule has 0 spiro atoms. The van der Waals surface area contributed by atoms with Gasteiger partial charge in [0, 0.05) is 18.4 Å². The molecule has 48 heavy (non-hydrogen) atoms. The molecule has 250 valence electrons. The van der Waals surface area contributed by atoms with Crippen molar-refractivity contribution < 1.29 is 47.1 Å². The van der Waals surface area contributed by atoms with Crippen LogP contribution in [0.3, 0.4) is 0 Å². The molecule has 8 amide bonds. The molecule has 2 aromatic rings. The van der Waals surface area contributed by atoms with Gasteiger partial charge in [0.2, 0.25) is 23.6 Å². The predicted molar refractivity (Wildman–Crippen MR) is 161 cm³/mol. The van der Waals surface area contributed by atoms with E-state index in [9.17, 15) is 38.4 Å². The highest BCUT2D eigenvalue weighted by Gasteiger charge is 2.50. The number of carbonyl (C=O) groups is 8. The molecule has 0 aliphatic carbocycles. The minimum atomic E-state index is -1.24. The summed E-state index contributed by atoms with van der Waals surface area (Å²) in [6.07, 6.45) is 0.0430. The van der Waals surface area contributed by atoms with Gasteiger partial charge in [-0.15, -0.1) is 0 Å². The van der Waals surface area contributed by atoms with Crippen LogP contribution in [-0.4, -0.2) is 69.1 Å². The van der Waals surface area contributed by atoms with Crippen molar-refractivity contribution in [3.8, 4) is 0 Å². The molecule has 4 heterocycles. The lowest BCUT2D eigenvalue weighted by Crippen LogP contribution is -2.54. The number of benzene rings is 2. The molecule has 2 fully saturated rings. The Kier molecular flexibility index (Phi) is 7.68. The number of rotatable bonds is 7. The maximum absolute atomic E-state index is 15.7. The molecule has 2 atom stereocenters. The van der Waals surface area contributed by atoms with Crippen molar-refractivity contribution >= 4 is 47.3 Å². The Morgan fingerprint density at radius 2 is 1.17 bits per heavy atom. The monoisotopic (exact) mass is 662 g/mol. The van der Waals surface area contributed by atoms with Crippen LogP contribution in [-0.2, 0) is 30.0 Å². The first-order chi connectivity index (χ1) is 22.4. The second kappa shape index (κ2) is 11.2. The molecular formula is C34H32F2N4O8. The summed E-state index contributed by atoms with van der Waals surface area (Å²) in [5.41, 5.74) is -2.54. The molecule has 0 saturated carbocycles. The molecule has 0 radical (unpaired) electrons.